The predicted molar refractivity (Wildman–Crippen MR) is 131 cm³/mol. The van der Waals surface area contributed by atoms with Gasteiger partial charge in [0.2, 0.25) is 15.9 Å². The number of para-hydroxylation sites is 1. The van der Waals surface area contributed by atoms with Gasteiger partial charge in [-0.3, -0.25) is 9.10 Å². The average Bonchev–Trinajstić information content (AvgIpc) is 2.78. The molecule has 0 aromatic heterocycles. The van der Waals surface area contributed by atoms with E-state index < -0.39 is 10.0 Å². The lowest BCUT2D eigenvalue weighted by molar-refractivity contribution is -0.121. The molecule has 0 fully saturated rings. The minimum Gasteiger partial charge on any atom is -0.356 e. The fourth-order valence-electron chi connectivity index (χ4n) is 3.49. The van der Waals surface area contributed by atoms with Gasteiger partial charge in [0.05, 0.1) is 11.9 Å². The van der Waals surface area contributed by atoms with Crippen molar-refractivity contribution in [3.05, 3.63) is 89.4 Å². The maximum Gasteiger partial charge on any atom is 0.232 e. The highest BCUT2D eigenvalue weighted by Gasteiger charge is 2.20. The topological polar surface area (TPSA) is 66.5 Å². The Bertz CT molecular complexity index is 1130. The van der Waals surface area contributed by atoms with Crippen LogP contribution < -0.4 is 9.62 Å². The van der Waals surface area contributed by atoms with Crippen molar-refractivity contribution in [3.63, 3.8) is 0 Å². The number of hydrogen-bond acceptors (Lipinski definition) is 3. The molecule has 0 spiro atoms. The molecule has 5 nitrogen and oxygen atoms in total. The lowest BCUT2D eigenvalue weighted by Gasteiger charge is -2.25. The number of hydrogen-bond donors (Lipinski definition) is 1. The van der Waals surface area contributed by atoms with E-state index in [2.05, 4.69) is 5.32 Å². The number of carbonyl (C=O) groups excluding carboxylic acids is 1. The Balaban J connectivity index is 1.59. The number of benzene rings is 3. The Hall–Kier alpha value is -2.83. The Morgan fingerprint density at radius 2 is 1.59 bits per heavy atom. The number of sulfonamides is 1. The molecule has 0 bridgehead atoms. The number of anilines is 1. The van der Waals surface area contributed by atoms with E-state index in [1.165, 1.54) is 10.6 Å². The number of carbonyl (C=O) groups is 1. The average molecular weight is 471 g/mol. The van der Waals surface area contributed by atoms with Crippen LogP contribution in [0, 0.1) is 0 Å². The summed E-state index contributed by atoms with van der Waals surface area (Å²) in [5.74, 6) is -0.0937. The molecule has 168 valence electrons. The molecule has 3 aromatic rings. The van der Waals surface area contributed by atoms with Crippen LogP contribution >= 0.6 is 11.6 Å². The van der Waals surface area contributed by atoms with Gasteiger partial charge in [-0.05, 0) is 42.2 Å². The van der Waals surface area contributed by atoms with Gasteiger partial charge in [0, 0.05) is 30.1 Å². The molecular weight excluding hydrogens is 444 g/mol. The van der Waals surface area contributed by atoms with Gasteiger partial charge < -0.3 is 5.32 Å². The van der Waals surface area contributed by atoms with Crippen molar-refractivity contribution < 1.29 is 13.2 Å². The lowest BCUT2D eigenvalue weighted by atomic mass is 10.0. The van der Waals surface area contributed by atoms with Gasteiger partial charge in [0.25, 0.3) is 0 Å². The zero-order chi connectivity index (χ0) is 23.0. The zero-order valence-electron chi connectivity index (χ0n) is 18.0. The van der Waals surface area contributed by atoms with Crippen LogP contribution in [0.5, 0.6) is 0 Å². The van der Waals surface area contributed by atoms with Crippen molar-refractivity contribution in [3.8, 4) is 11.1 Å². The first-order valence-corrected chi connectivity index (χ1v) is 12.7. The van der Waals surface area contributed by atoms with E-state index in [9.17, 15) is 13.2 Å². The van der Waals surface area contributed by atoms with E-state index in [-0.39, 0.29) is 18.9 Å². The first-order chi connectivity index (χ1) is 15.3. The van der Waals surface area contributed by atoms with Crippen LogP contribution in [-0.4, -0.2) is 33.7 Å². The molecule has 0 radical (unpaired) electrons. The van der Waals surface area contributed by atoms with Crippen LogP contribution in [-0.2, 0) is 21.2 Å². The van der Waals surface area contributed by atoms with Crippen LogP contribution in [0.15, 0.2) is 78.9 Å². The summed E-state index contributed by atoms with van der Waals surface area (Å²) in [6.45, 7) is 0.750. The number of nitrogens with one attached hydrogen (secondary N) is 1. The molecule has 0 unspecified atom stereocenters. The standard InChI is InChI=1S/C25H27ClN2O3S/c1-32(30,31)28(24-11-6-5-10-23(24)21-8-3-2-4-9-21)19-7-12-25(29)27-18-17-20-13-15-22(26)16-14-20/h2-6,8-11,13-16H,7,12,17-19H2,1H3,(H,27,29). The lowest BCUT2D eigenvalue weighted by Crippen LogP contribution is -2.32. The molecule has 0 saturated heterocycles. The van der Waals surface area contributed by atoms with Crippen LogP contribution in [0.3, 0.4) is 0 Å². The summed E-state index contributed by atoms with van der Waals surface area (Å²) in [4.78, 5) is 12.2. The number of rotatable bonds is 10. The largest absolute Gasteiger partial charge is 0.356 e. The molecule has 0 saturated carbocycles. The third kappa shape index (κ3) is 6.84. The van der Waals surface area contributed by atoms with Crippen LogP contribution in [0.4, 0.5) is 5.69 Å². The zero-order valence-corrected chi connectivity index (χ0v) is 19.6. The Labute approximate surface area is 195 Å². The Kier molecular flexibility index (Phi) is 8.31. The molecule has 0 atom stereocenters. The van der Waals surface area contributed by atoms with Crippen molar-refractivity contribution >= 4 is 33.2 Å². The van der Waals surface area contributed by atoms with Gasteiger partial charge in [-0.2, -0.15) is 0 Å². The fraction of sp³-hybridized carbons (Fsp3) is 0.240. The van der Waals surface area contributed by atoms with E-state index in [1.807, 2.05) is 72.8 Å². The molecule has 0 heterocycles. The summed E-state index contributed by atoms with van der Waals surface area (Å²) in [7, 11) is -3.51. The van der Waals surface area contributed by atoms with Gasteiger partial charge in [0.15, 0.2) is 0 Å². The minimum atomic E-state index is -3.51. The normalized spacial score (nSPS) is 11.2. The smallest absolute Gasteiger partial charge is 0.232 e. The highest BCUT2D eigenvalue weighted by molar-refractivity contribution is 7.92. The second-order valence-electron chi connectivity index (χ2n) is 7.55. The van der Waals surface area contributed by atoms with Gasteiger partial charge in [-0.1, -0.05) is 72.3 Å². The highest BCUT2D eigenvalue weighted by atomic mass is 35.5. The number of halogens is 1. The SMILES string of the molecule is CS(=O)(=O)N(CCCC(=O)NCCc1ccc(Cl)cc1)c1ccccc1-c1ccccc1. The quantitative estimate of drug-likeness (QED) is 0.457. The van der Waals surface area contributed by atoms with Crippen molar-refractivity contribution in [2.75, 3.05) is 23.7 Å². The van der Waals surface area contributed by atoms with Crippen molar-refractivity contribution in [2.45, 2.75) is 19.3 Å². The molecular formula is C25H27ClN2O3S. The number of nitrogens with zero attached hydrogens (tertiary/aromatic N) is 1. The van der Waals surface area contributed by atoms with E-state index in [0.29, 0.717) is 30.1 Å². The summed E-state index contributed by atoms with van der Waals surface area (Å²) in [6.07, 6.45) is 2.58. The van der Waals surface area contributed by atoms with Gasteiger partial charge >= 0.3 is 0 Å². The van der Waals surface area contributed by atoms with Crippen molar-refractivity contribution in [1.29, 1.82) is 0 Å². The summed E-state index contributed by atoms with van der Waals surface area (Å²) >= 11 is 5.88. The van der Waals surface area contributed by atoms with E-state index in [1.54, 1.807) is 6.07 Å². The molecule has 0 aliphatic carbocycles. The third-order valence-corrected chi connectivity index (χ3v) is 6.50. The molecule has 0 aliphatic rings. The first kappa shape index (κ1) is 23.8. The maximum atomic E-state index is 12.6. The van der Waals surface area contributed by atoms with Gasteiger partial charge in [-0.15, -0.1) is 0 Å². The molecule has 3 rings (SSSR count). The van der Waals surface area contributed by atoms with Crippen molar-refractivity contribution in [1.82, 2.24) is 5.32 Å². The monoisotopic (exact) mass is 470 g/mol. The summed E-state index contributed by atoms with van der Waals surface area (Å²) in [6, 6.07) is 24.6. The Morgan fingerprint density at radius 3 is 2.28 bits per heavy atom. The molecule has 1 N–H and O–H groups in total. The van der Waals surface area contributed by atoms with Crippen LogP contribution in [0.25, 0.3) is 11.1 Å². The molecule has 1 amide bonds. The minimum absolute atomic E-state index is 0.0937. The summed E-state index contributed by atoms with van der Waals surface area (Å²) in [5, 5.41) is 3.58. The van der Waals surface area contributed by atoms with Crippen molar-refractivity contribution in [2.24, 2.45) is 0 Å². The molecule has 7 heteroatoms. The summed E-state index contributed by atoms with van der Waals surface area (Å²) < 4.78 is 26.5. The molecule has 32 heavy (non-hydrogen) atoms. The second-order valence-corrected chi connectivity index (χ2v) is 9.89. The third-order valence-electron chi connectivity index (χ3n) is 5.07. The maximum absolute atomic E-state index is 12.6. The first-order valence-electron chi connectivity index (χ1n) is 10.5. The second kappa shape index (κ2) is 11.2. The van der Waals surface area contributed by atoms with Crippen LogP contribution in [0.2, 0.25) is 5.02 Å². The number of amides is 1. The molecule has 0 aliphatic heterocycles. The van der Waals surface area contributed by atoms with E-state index >= 15 is 0 Å². The Morgan fingerprint density at radius 1 is 0.938 bits per heavy atom. The fourth-order valence-corrected chi connectivity index (χ4v) is 4.59. The van der Waals surface area contributed by atoms with Gasteiger partial charge in [-0.25, -0.2) is 8.42 Å². The van der Waals surface area contributed by atoms with E-state index in [4.69, 9.17) is 11.6 Å². The molecule has 3 aromatic carbocycles. The van der Waals surface area contributed by atoms with E-state index in [0.717, 1.165) is 16.7 Å². The highest BCUT2D eigenvalue weighted by Crippen LogP contribution is 2.32. The van der Waals surface area contributed by atoms with Gasteiger partial charge in [0.1, 0.15) is 0 Å². The van der Waals surface area contributed by atoms with Crippen LogP contribution in [0.1, 0.15) is 18.4 Å². The summed E-state index contributed by atoms with van der Waals surface area (Å²) in [5.41, 5.74) is 3.49. The predicted octanol–water partition coefficient (Wildman–Crippen LogP) is 4.91.